The molecule has 0 fully saturated rings. The van der Waals surface area contributed by atoms with Gasteiger partial charge in [0.1, 0.15) is 0 Å². The van der Waals surface area contributed by atoms with Crippen molar-refractivity contribution in [2.45, 2.75) is 0 Å². The third-order valence-corrected chi connectivity index (χ3v) is 1.93. The maximum absolute atomic E-state index is 10.0. The predicted molar refractivity (Wildman–Crippen MR) is 80.5 cm³/mol. The second kappa shape index (κ2) is 10.1. The van der Waals surface area contributed by atoms with Crippen LogP contribution >= 0.6 is 7.82 Å². The molecule has 0 aliphatic heterocycles. The van der Waals surface area contributed by atoms with Crippen molar-refractivity contribution in [1.82, 2.24) is 0 Å². The topological polar surface area (TPSA) is 164 Å². The monoisotopic (exact) mass is 344 g/mol. The van der Waals surface area contributed by atoms with Crippen LogP contribution in [0.4, 0.5) is 11.4 Å². The summed E-state index contributed by atoms with van der Waals surface area (Å²) in [5.41, 5.74) is 0.273. The summed E-state index contributed by atoms with van der Waals surface area (Å²) in [4.78, 5) is 40.7. The van der Waals surface area contributed by atoms with Crippen molar-refractivity contribution in [3.05, 3.63) is 80.9 Å². The first kappa shape index (κ1) is 20.3. The normalized spacial score (nSPS) is 9.52. The number of hydrogen-bond acceptors (Lipinski definition) is 5. The van der Waals surface area contributed by atoms with Crippen LogP contribution in [0.15, 0.2) is 60.7 Å². The highest BCUT2D eigenvalue weighted by molar-refractivity contribution is 7.45. The molecular formula is C12H13N2O8P. The zero-order valence-electron chi connectivity index (χ0n) is 11.5. The fourth-order valence-corrected chi connectivity index (χ4v) is 1.10. The van der Waals surface area contributed by atoms with E-state index in [0.29, 0.717) is 0 Å². The third kappa shape index (κ3) is 12.8. The van der Waals surface area contributed by atoms with Crippen molar-refractivity contribution in [2.24, 2.45) is 0 Å². The number of hydrogen-bond donors (Lipinski definition) is 3. The summed E-state index contributed by atoms with van der Waals surface area (Å²) in [6, 6.07) is 15.9. The number of phosphoric acid groups is 1. The van der Waals surface area contributed by atoms with E-state index in [0.717, 1.165) is 0 Å². The molecular weight excluding hydrogens is 331 g/mol. The molecule has 0 aromatic heterocycles. The van der Waals surface area contributed by atoms with Crippen LogP contribution in [0.25, 0.3) is 0 Å². The smallest absolute Gasteiger partial charge is 0.303 e. The number of benzene rings is 2. The maximum Gasteiger partial charge on any atom is 0.466 e. The lowest BCUT2D eigenvalue weighted by Gasteiger charge is -1.85. The van der Waals surface area contributed by atoms with Gasteiger partial charge in [-0.25, -0.2) is 4.57 Å². The molecule has 0 bridgehead atoms. The van der Waals surface area contributed by atoms with E-state index in [1.54, 1.807) is 36.4 Å². The summed E-state index contributed by atoms with van der Waals surface area (Å²) >= 11 is 0. The SMILES string of the molecule is O=P(O)(O)O.O=[N+]([O-])c1ccccc1.O=[N+]([O-])c1ccccc1. The van der Waals surface area contributed by atoms with Gasteiger partial charge in [-0.3, -0.25) is 20.2 Å². The Morgan fingerprint density at radius 3 is 1.04 bits per heavy atom. The van der Waals surface area contributed by atoms with Gasteiger partial charge in [0.05, 0.1) is 9.85 Å². The predicted octanol–water partition coefficient (Wildman–Crippen LogP) is 2.26. The second-order valence-electron chi connectivity index (χ2n) is 3.70. The average Bonchev–Trinajstić information content (AvgIpc) is 2.48. The van der Waals surface area contributed by atoms with E-state index in [2.05, 4.69) is 0 Å². The summed E-state index contributed by atoms with van der Waals surface area (Å²) in [5.74, 6) is 0. The highest BCUT2D eigenvalue weighted by atomic mass is 31.2. The van der Waals surface area contributed by atoms with Crippen molar-refractivity contribution in [3.63, 3.8) is 0 Å². The number of nitro groups is 2. The Hall–Kier alpha value is -2.65. The van der Waals surface area contributed by atoms with Crippen molar-refractivity contribution in [2.75, 3.05) is 0 Å². The van der Waals surface area contributed by atoms with Gasteiger partial charge in [-0.05, 0) is 0 Å². The first-order chi connectivity index (χ1) is 10.6. The highest BCUT2D eigenvalue weighted by Crippen LogP contribution is 2.25. The van der Waals surface area contributed by atoms with Gasteiger partial charge >= 0.3 is 7.82 Å². The molecule has 2 aromatic rings. The lowest BCUT2D eigenvalue weighted by Crippen LogP contribution is -1.84. The van der Waals surface area contributed by atoms with Crippen molar-refractivity contribution in [3.8, 4) is 0 Å². The van der Waals surface area contributed by atoms with Gasteiger partial charge in [0.15, 0.2) is 0 Å². The van der Waals surface area contributed by atoms with E-state index in [-0.39, 0.29) is 11.4 Å². The first-order valence-electron chi connectivity index (χ1n) is 5.78. The first-order valence-corrected chi connectivity index (χ1v) is 7.35. The number of para-hydroxylation sites is 2. The Labute approximate surface area is 130 Å². The molecule has 10 nitrogen and oxygen atoms in total. The molecule has 3 N–H and O–H groups in total. The summed E-state index contributed by atoms with van der Waals surface area (Å²) in [5, 5.41) is 20.0. The summed E-state index contributed by atoms with van der Waals surface area (Å²) in [6.07, 6.45) is 0. The van der Waals surface area contributed by atoms with Crippen LogP contribution in [0.1, 0.15) is 0 Å². The fourth-order valence-electron chi connectivity index (χ4n) is 1.10. The number of nitro benzene ring substituents is 2. The van der Waals surface area contributed by atoms with E-state index in [4.69, 9.17) is 19.2 Å². The van der Waals surface area contributed by atoms with Gasteiger partial charge in [-0.2, -0.15) is 0 Å². The molecule has 0 aliphatic rings. The molecule has 124 valence electrons. The Morgan fingerprint density at radius 1 is 0.696 bits per heavy atom. The van der Waals surface area contributed by atoms with E-state index < -0.39 is 17.7 Å². The molecule has 2 aromatic carbocycles. The minimum absolute atomic E-state index is 0.137. The van der Waals surface area contributed by atoms with Crippen molar-refractivity contribution < 1.29 is 29.1 Å². The Balaban J connectivity index is 0.000000332. The Kier molecular flexibility index (Phi) is 8.97. The van der Waals surface area contributed by atoms with Crippen LogP contribution in [-0.2, 0) is 4.57 Å². The van der Waals surface area contributed by atoms with Gasteiger partial charge in [-0.1, -0.05) is 36.4 Å². The fraction of sp³-hybridized carbons (Fsp3) is 0. The van der Waals surface area contributed by atoms with Crippen LogP contribution in [0, 0.1) is 20.2 Å². The zero-order valence-corrected chi connectivity index (χ0v) is 12.4. The molecule has 0 radical (unpaired) electrons. The van der Waals surface area contributed by atoms with Gasteiger partial charge in [0.2, 0.25) is 0 Å². The zero-order chi connectivity index (χ0) is 17.9. The standard InChI is InChI=1S/2C6H5NO2.H3O4P/c2*8-7(9)6-4-2-1-3-5-6;1-5(2,3)4/h2*1-5H;(H3,1,2,3,4). The van der Waals surface area contributed by atoms with E-state index in [1.807, 2.05) is 0 Å². The lowest BCUT2D eigenvalue weighted by molar-refractivity contribution is -0.385. The molecule has 0 aliphatic carbocycles. The van der Waals surface area contributed by atoms with Gasteiger partial charge in [0, 0.05) is 24.3 Å². The van der Waals surface area contributed by atoms with Crippen molar-refractivity contribution >= 4 is 19.2 Å². The Morgan fingerprint density at radius 2 is 0.913 bits per heavy atom. The Bertz CT molecular complexity index is 602. The molecule has 0 heterocycles. The second-order valence-corrected chi connectivity index (χ2v) is 4.73. The van der Waals surface area contributed by atoms with Crippen LogP contribution < -0.4 is 0 Å². The highest BCUT2D eigenvalue weighted by Gasteiger charge is 2.00. The summed E-state index contributed by atoms with van der Waals surface area (Å²) in [6.45, 7) is 0. The molecule has 2 rings (SSSR count). The molecule has 0 amide bonds. The van der Waals surface area contributed by atoms with Crippen LogP contribution in [0.3, 0.4) is 0 Å². The van der Waals surface area contributed by atoms with E-state index in [9.17, 15) is 20.2 Å². The molecule has 0 saturated heterocycles. The van der Waals surface area contributed by atoms with Gasteiger partial charge < -0.3 is 14.7 Å². The average molecular weight is 344 g/mol. The van der Waals surface area contributed by atoms with Crippen LogP contribution in [-0.4, -0.2) is 24.5 Å². The van der Waals surface area contributed by atoms with Crippen molar-refractivity contribution in [1.29, 1.82) is 0 Å². The number of nitrogens with zero attached hydrogens (tertiary/aromatic N) is 2. The van der Waals surface area contributed by atoms with E-state index in [1.165, 1.54) is 24.3 Å². The number of non-ortho nitro benzene ring substituents is 2. The van der Waals surface area contributed by atoms with E-state index >= 15 is 0 Å². The third-order valence-electron chi connectivity index (χ3n) is 1.93. The minimum Gasteiger partial charge on any atom is -0.303 e. The minimum atomic E-state index is -4.64. The maximum atomic E-state index is 10.0. The van der Waals surface area contributed by atoms with Gasteiger partial charge in [-0.15, -0.1) is 0 Å². The van der Waals surface area contributed by atoms with Gasteiger partial charge in [0.25, 0.3) is 11.4 Å². The van der Waals surface area contributed by atoms with Crippen LogP contribution in [0.2, 0.25) is 0 Å². The molecule has 0 atom stereocenters. The summed E-state index contributed by atoms with van der Waals surface area (Å²) in [7, 11) is -4.64. The quantitative estimate of drug-likeness (QED) is 0.424. The summed E-state index contributed by atoms with van der Waals surface area (Å²) < 4.78 is 8.88. The molecule has 11 heteroatoms. The molecule has 23 heavy (non-hydrogen) atoms. The largest absolute Gasteiger partial charge is 0.466 e. The molecule has 0 spiro atoms. The number of rotatable bonds is 2. The molecule has 0 unspecified atom stereocenters. The van der Waals surface area contributed by atoms with Crippen LogP contribution in [0.5, 0.6) is 0 Å². The lowest BCUT2D eigenvalue weighted by atomic mass is 10.3. The molecule has 0 saturated carbocycles.